The topological polar surface area (TPSA) is 62.3 Å². The van der Waals surface area contributed by atoms with Crippen LogP contribution in [0.5, 0.6) is 0 Å². The molecule has 124 valence electrons. The van der Waals surface area contributed by atoms with Crippen LogP contribution in [0, 0.1) is 0 Å². The molecule has 24 heavy (non-hydrogen) atoms. The number of fused-ring (bicyclic) bond motifs is 1. The zero-order chi connectivity index (χ0) is 17.5. The van der Waals surface area contributed by atoms with Crippen molar-refractivity contribution >= 4 is 34.0 Å². The van der Waals surface area contributed by atoms with Gasteiger partial charge in [0, 0.05) is 23.7 Å². The zero-order valence-electron chi connectivity index (χ0n) is 14.1. The van der Waals surface area contributed by atoms with Crippen molar-refractivity contribution in [1.29, 1.82) is 0 Å². The van der Waals surface area contributed by atoms with Gasteiger partial charge in [-0.05, 0) is 44.5 Å². The van der Waals surface area contributed by atoms with Gasteiger partial charge in [0.15, 0.2) is 5.13 Å². The Morgan fingerprint density at radius 3 is 2.83 bits per heavy atom. The van der Waals surface area contributed by atoms with E-state index in [0.29, 0.717) is 5.13 Å². The van der Waals surface area contributed by atoms with E-state index >= 15 is 0 Å². The van der Waals surface area contributed by atoms with Gasteiger partial charge >= 0.3 is 0 Å². The molecule has 2 heterocycles. The van der Waals surface area contributed by atoms with Crippen LogP contribution in [-0.2, 0) is 15.0 Å². The number of carbonyl (C=O) groups is 2. The molecule has 2 aromatic rings. The van der Waals surface area contributed by atoms with Crippen molar-refractivity contribution < 1.29 is 9.59 Å². The number of hydrogen-bond acceptors (Lipinski definition) is 4. The van der Waals surface area contributed by atoms with E-state index in [1.807, 2.05) is 37.4 Å². The molecule has 3 rings (SSSR count). The zero-order valence-corrected chi connectivity index (χ0v) is 14.9. The van der Waals surface area contributed by atoms with E-state index in [4.69, 9.17) is 0 Å². The fourth-order valence-electron chi connectivity index (χ4n) is 2.89. The van der Waals surface area contributed by atoms with Crippen molar-refractivity contribution in [2.45, 2.75) is 26.2 Å². The number of anilines is 2. The van der Waals surface area contributed by atoms with Gasteiger partial charge in [-0.25, -0.2) is 4.98 Å². The molecule has 5 nitrogen and oxygen atoms in total. The summed E-state index contributed by atoms with van der Waals surface area (Å²) in [6, 6.07) is 5.93. The van der Waals surface area contributed by atoms with Crippen LogP contribution >= 0.6 is 11.3 Å². The number of amides is 2. The second-order valence-corrected chi connectivity index (χ2v) is 7.11. The first-order valence-electron chi connectivity index (χ1n) is 7.67. The van der Waals surface area contributed by atoms with E-state index in [9.17, 15) is 9.59 Å². The molecule has 0 radical (unpaired) electrons. The lowest BCUT2D eigenvalue weighted by molar-refractivity contribution is -0.121. The highest BCUT2D eigenvalue weighted by Crippen LogP contribution is 2.42. The van der Waals surface area contributed by atoms with E-state index in [0.717, 1.165) is 22.5 Å². The van der Waals surface area contributed by atoms with Crippen molar-refractivity contribution in [3.63, 3.8) is 0 Å². The summed E-state index contributed by atoms with van der Waals surface area (Å²) in [5, 5.41) is 5.19. The number of hydrogen-bond donors (Lipinski definition) is 1. The third-order valence-corrected chi connectivity index (χ3v) is 4.98. The molecule has 0 spiro atoms. The van der Waals surface area contributed by atoms with Crippen LogP contribution in [0.1, 0.15) is 26.3 Å². The van der Waals surface area contributed by atoms with Crippen molar-refractivity contribution in [3.05, 3.63) is 41.3 Å². The van der Waals surface area contributed by atoms with Gasteiger partial charge in [0.1, 0.15) is 0 Å². The van der Waals surface area contributed by atoms with Gasteiger partial charge in [0.05, 0.1) is 11.1 Å². The predicted molar refractivity (Wildman–Crippen MR) is 97.4 cm³/mol. The second-order valence-electron chi connectivity index (χ2n) is 6.25. The maximum atomic E-state index is 12.4. The number of nitrogens with zero attached hydrogens (tertiary/aromatic N) is 2. The van der Waals surface area contributed by atoms with Crippen molar-refractivity contribution in [3.8, 4) is 11.3 Å². The lowest BCUT2D eigenvalue weighted by atomic mass is 9.85. The third-order valence-electron chi connectivity index (χ3n) is 4.22. The molecule has 0 fully saturated rings. The fourth-order valence-corrected chi connectivity index (χ4v) is 3.62. The molecular weight excluding hydrogens is 322 g/mol. The van der Waals surface area contributed by atoms with Crippen LogP contribution in [-0.4, -0.2) is 23.8 Å². The maximum Gasteiger partial charge on any atom is 0.249 e. The fraction of sp³-hybridized carbons (Fsp3) is 0.278. The van der Waals surface area contributed by atoms with Crippen LogP contribution in [0.2, 0.25) is 0 Å². The molecule has 1 N–H and O–H groups in total. The molecule has 0 bridgehead atoms. The Labute approximate surface area is 145 Å². The number of allylic oxidation sites excluding steroid dienone is 1. The lowest BCUT2D eigenvalue weighted by Gasteiger charge is -2.16. The summed E-state index contributed by atoms with van der Waals surface area (Å²) in [6.45, 7) is 5.66. The Bertz CT molecular complexity index is 852. The SMILES string of the molecule is C/C=C/C(=O)Nc1nc(-c2ccc3c(c2)C(C)(C)C(=O)N3C)cs1. The van der Waals surface area contributed by atoms with Crippen molar-refractivity contribution in [1.82, 2.24) is 4.98 Å². The Morgan fingerprint density at radius 2 is 2.12 bits per heavy atom. The van der Waals surface area contributed by atoms with Gasteiger partial charge in [-0.2, -0.15) is 0 Å². The normalized spacial score (nSPS) is 15.8. The lowest BCUT2D eigenvalue weighted by Crippen LogP contribution is -2.33. The number of aromatic nitrogens is 1. The second kappa shape index (κ2) is 5.87. The van der Waals surface area contributed by atoms with Gasteiger partial charge < -0.3 is 4.90 Å². The monoisotopic (exact) mass is 341 g/mol. The molecule has 0 atom stereocenters. The summed E-state index contributed by atoms with van der Waals surface area (Å²) < 4.78 is 0. The summed E-state index contributed by atoms with van der Waals surface area (Å²) in [4.78, 5) is 30.1. The van der Waals surface area contributed by atoms with E-state index in [1.54, 1.807) is 24.9 Å². The van der Waals surface area contributed by atoms with Crippen LogP contribution in [0.25, 0.3) is 11.3 Å². The van der Waals surface area contributed by atoms with Crippen LogP contribution in [0.3, 0.4) is 0 Å². The Morgan fingerprint density at radius 1 is 1.38 bits per heavy atom. The van der Waals surface area contributed by atoms with Crippen molar-refractivity contribution in [2.24, 2.45) is 0 Å². The van der Waals surface area contributed by atoms with E-state index in [2.05, 4.69) is 10.3 Å². The highest BCUT2D eigenvalue weighted by Gasteiger charge is 2.42. The minimum absolute atomic E-state index is 0.0900. The molecule has 6 heteroatoms. The van der Waals surface area contributed by atoms with Gasteiger partial charge in [-0.3, -0.25) is 14.9 Å². The quantitative estimate of drug-likeness (QED) is 0.868. The van der Waals surface area contributed by atoms with Gasteiger partial charge in [-0.15, -0.1) is 11.3 Å². The maximum absolute atomic E-state index is 12.4. The van der Waals surface area contributed by atoms with E-state index in [-0.39, 0.29) is 11.8 Å². The molecule has 0 saturated carbocycles. The summed E-state index contributed by atoms with van der Waals surface area (Å²) in [5.74, 6) is -0.104. The first kappa shape index (κ1) is 16.4. The minimum atomic E-state index is -0.543. The molecule has 0 saturated heterocycles. The molecule has 1 aliphatic heterocycles. The summed E-state index contributed by atoms with van der Waals surface area (Å²) in [7, 11) is 1.80. The number of nitrogens with one attached hydrogen (secondary N) is 1. The molecule has 0 unspecified atom stereocenters. The number of carbonyl (C=O) groups excluding carboxylic acids is 2. The third kappa shape index (κ3) is 2.63. The average Bonchev–Trinajstić information content (AvgIpc) is 3.06. The standard InChI is InChI=1S/C18H19N3O2S/c1-5-6-15(22)20-17-19-13(10-24-17)11-7-8-14-12(9-11)18(2,3)16(23)21(14)4/h5-10H,1-4H3,(H,19,20,22)/b6-5+. The average molecular weight is 341 g/mol. The highest BCUT2D eigenvalue weighted by atomic mass is 32.1. The first-order chi connectivity index (χ1) is 11.3. The summed E-state index contributed by atoms with van der Waals surface area (Å²) >= 11 is 1.38. The molecule has 0 aliphatic carbocycles. The number of rotatable bonds is 3. The van der Waals surface area contributed by atoms with E-state index in [1.165, 1.54) is 17.4 Å². The number of likely N-dealkylation sites (N-methyl/N-ethyl adjacent to an activating group) is 1. The van der Waals surface area contributed by atoms with Gasteiger partial charge in [0.2, 0.25) is 11.8 Å². The van der Waals surface area contributed by atoms with Crippen LogP contribution in [0.4, 0.5) is 10.8 Å². The minimum Gasteiger partial charge on any atom is -0.314 e. The van der Waals surface area contributed by atoms with Crippen LogP contribution in [0.15, 0.2) is 35.7 Å². The molecule has 1 aromatic carbocycles. The highest BCUT2D eigenvalue weighted by molar-refractivity contribution is 7.14. The first-order valence-corrected chi connectivity index (χ1v) is 8.55. The smallest absolute Gasteiger partial charge is 0.249 e. The Balaban J connectivity index is 1.93. The molecular formula is C18H19N3O2S. The van der Waals surface area contributed by atoms with Gasteiger partial charge in [-0.1, -0.05) is 12.1 Å². The summed E-state index contributed by atoms with van der Waals surface area (Å²) in [6.07, 6.45) is 3.14. The van der Waals surface area contributed by atoms with Crippen molar-refractivity contribution in [2.75, 3.05) is 17.3 Å². The number of benzene rings is 1. The molecule has 1 aromatic heterocycles. The Hall–Kier alpha value is -2.47. The van der Waals surface area contributed by atoms with E-state index < -0.39 is 5.41 Å². The molecule has 2 amide bonds. The number of thiazole rings is 1. The summed E-state index contributed by atoms with van der Waals surface area (Å²) in [5.41, 5.74) is 3.12. The predicted octanol–water partition coefficient (Wildman–Crippen LogP) is 3.58. The largest absolute Gasteiger partial charge is 0.314 e. The van der Waals surface area contributed by atoms with Gasteiger partial charge in [0.25, 0.3) is 0 Å². The van der Waals surface area contributed by atoms with Crippen LogP contribution < -0.4 is 10.2 Å². The molecule has 1 aliphatic rings. The Kier molecular flexibility index (Phi) is 4.01.